The summed E-state index contributed by atoms with van der Waals surface area (Å²) in [6.07, 6.45) is 5.93. The van der Waals surface area contributed by atoms with Crippen LogP contribution in [0.2, 0.25) is 0 Å². The molecule has 1 aliphatic carbocycles. The van der Waals surface area contributed by atoms with Gasteiger partial charge >= 0.3 is 6.03 Å². The van der Waals surface area contributed by atoms with E-state index in [1.165, 1.54) is 0 Å². The van der Waals surface area contributed by atoms with Crippen LogP contribution >= 0.6 is 0 Å². The van der Waals surface area contributed by atoms with Crippen LogP contribution in [0.3, 0.4) is 0 Å². The molecule has 2 aliphatic rings. The molecule has 0 radical (unpaired) electrons. The molecule has 154 valence electrons. The molecule has 1 aliphatic heterocycles. The zero-order valence-corrected chi connectivity index (χ0v) is 16.8. The molecule has 1 saturated carbocycles. The fourth-order valence-electron chi connectivity index (χ4n) is 3.78. The highest BCUT2D eigenvalue weighted by Crippen LogP contribution is 2.29. The minimum Gasteiger partial charge on any atom is -0.349 e. The number of anilines is 1. The van der Waals surface area contributed by atoms with Gasteiger partial charge in [-0.1, -0.05) is 12.1 Å². The van der Waals surface area contributed by atoms with E-state index < -0.39 is 0 Å². The van der Waals surface area contributed by atoms with Crippen LogP contribution in [-0.2, 0) is 11.8 Å². The molecule has 8 heteroatoms. The maximum absolute atomic E-state index is 12.9. The number of amides is 3. The third-order valence-electron chi connectivity index (χ3n) is 5.64. The number of benzene rings is 1. The van der Waals surface area contributed by atoms with Gasteiger partial charge in [-0.25, -0.2) is 4.79 Å². The maximum atomic E-state index is 12.9. The first-order valence-corrected chi connectivity index (χ1v) is 10.2. The molecule has 1 saturated heterocycles. The normalized spacial score (nSPS) is 22.1. The first-order chi connectivity index (χ1) is 14.0. The Morgan fingerprint density at radius 2 is 1.97 bits per heavy atom. The first-order valence-electron chi connectivity index (χ1n) is 10.2. The largest absolute Gasteiger partial charge is 0.349 e. The van der Waals surface area contributed by atoms with Crippen LogP contribution in [0.4, 0.5) is 10.5 Å². The number of nitrogens with one attached hydrogen (secondary N) is 4. The van der Waals surface area contributed by atoms with Gasteiger partial charge in [0.25, 0.3) is 0 Å². The quantitative estimate of drug-likeness (QED) is 0.599. The number of aryl methyl sites for hydroxylation is 1. The molecule has 8 nitrogen and oxygen atoms in total. The Morgan fingerprint density at radius 1 is 1.21 bits per heavy atom. The number of aromatic nitrogens is 2. The monoisotopic (exact) mass is 396 g/mol. The fraction of sp³-hybridized carbons (Fsp3) is 0.476. The van der Waals surface area contributed by atoms with Crippen molar-refractivity contribution in [3.8, 4) is 0 Å². The van der Waals surface area contributed by atoms with Gasteiger partial charge in [-0.05, 0) is 43.0 Å². The molecule has 2 aromatic rings. The lowest BCUT2D eigenvalue weighted by atomic mass is 9.90. The minimum absolute atomic E-state index is 0.0439. The van der Waals surface area contributed by atoms with Crippen LogP contribution in [0, 0.1) is 5.92 Å². The third kappa shape index (κ3) is 4.76. The molecule has 2 fully saturated rings. The third-order valence-corrected chi connectivity index (χ3v) is 5.64. The summed E-state index contributed by atoms with van der Waals surface area (Å²) >= 11 is 0. The second-order valence-corrected chi connectivity index (χ2v) is 8.04. The number of rotatable bonds is 6. The van der Waals surface area contributed by atoms with Crippen molar-refractivity contribution in [2.75, 3.05) is 18.4 Å². The van der Waals surface area contributed by atoms with E-state index in [4.69, 9.17) is 0 Å². The summed E-state index contributed by atoms with van der Waals surface area (Å²) in [5.74, 6) is 0.0588. The number of nitrogens with zero attached hydrogens (tertiary/aromatic N) is 2. The highest BCUT2D eigenvalue weighted by Gasteiger charge is 2.35. The van der Waals surface area contributed by atoms with Crippen LogP contribution in [0.15, 0.2) is 36.7 Å². The van der Waals surface area contributed by atoms with Gasteiger partial charge in [0.05, 0.1) is 18.2 Å². The molecule has 4 rings (SSSR count). The molecule has 1 unspecified atom stereocenters. The summed E-state index contributed by atoms with van der Waals surface area (Å²) in [5.41, 5.74) is 2.82. The van der Waals surface area contributed by atoms with Gasteiger partial charge in [-0.3, -0.25) is 9.48 Å². The van der Waals surface area contributed by atoms with Crippen LogP contribution in [0.25, 0.3) is 0 Å². The molecule has 2 heterocycles. The van der Waals surface area contributed by atoms with Crippen molar-refractivity contribution in [3.05, 3.63) is 47.8 Å². The van der Waals surface area contributed by atoms with E-state index in [-0.39, 0.29) is 29.8 Å². The molecular formula is C21H28N6O2. The highest BCUT2D eigenvalue weighted by atomic mass is 16.2. The van der Waals surface area contributed by atoms with Gasteiger partial charge in [0.2, 0.25) is 5.91 Å². The Bertz CT molecular complexity index is 874. The second-order valence-electron chi connectivity index (χ2n) is 8.04. The molecule has 1 aromatic carbocycles. The van der Waals surface area contributed by atoms with Gasteiger partial charge in [-0.15, -0.1) is 0 Å². The number of hydrogen-bond acceptors (Lipinski definition) is 4. The SMILES string of the molecule is CC(NC(=O)[C@H]1CNC[C@@H]1c1cnn(C)c1)c1ccc(NC(=O)NC2CC2)cc1. The molecule has 3 atom stereocenters. The average Bonchev–Trinajstić information content (AvgIpc) is 3.18. The molecule has 1 aromatic heterocycles. The second kappa shape index (κ2) is 8.24. The van der Waals surface area contributed by atoms with Gasteiger partial charge in [0.1, 0.15) is 0 Å². The predicted molar refractivity (Wildman–Crippen MR) is 110 cm³/mol. The smallest absolute Gasteiger partial charge is 0.319 e. The van der Waals surface area contributed by atoms with E-state index in [9.17, 15) is 9.59 Å². The lowest BCUT2D eigenvalue weighted by Gasteiger charge is -2.21. The van der Waals surface area contributed by atoms with E-state index in [0.717, 1.165) is 36.2 Å². The van der Waals surface area contributed by atoms with Crippen molar-refractivity contribution in [1.29, 1.82) is 0 Å². The summed E-state index contributed by atoms with van der Waals surface area (Å²) in [5, 5.41) is 16.4. The summed E-state index contributed by atoms with van der Waals surface area (Å²) in [7, 11) is 1.89. The van der Waals surface area contributed by atoms with Gasteiger partial charge in [-0.2, -0.15) is 5.10 Å². The van der Waals surface area contributed by atoms with Crippen molar-refractivity contribution in [2.24, 2.45) is 13.0 Å². The van der Waals surface area contributed by atoms with Crippen molar-refractivity contribution >= 4 is 17.6 Å². The molecule has 29 heavy (non-hydrogen) atoms. The highest BCUT2D eigenvalue weighted by molar-refractivity contribution is 5.89. The Hall–Kier alpha value is -2.87. The number of carbonyl (C=O) groups excluding carboxylic acids is 2. The molecule has 0 spiro atoms. The number of hydrogen-bond donors (Lipinski definition) is 4. The maximum Gasteiger partial charge on any atom is 0.319 e. The van der Waals surface area contributed by atoms with Crippen LogP contribution in [0.5, 0.6) is 0 Å². The standard InChI is InChI=1S/C21H28N6O2/c1-13(14-3-5-16(6-4-14)25-21(29)26-17-7-8-17)24-20(28)19-11-22-10-18(19)15-9-23-27(2)12-15/h3-6,9,12-13,17-19,22H,7-8,10-11H2,1-2H3,(H,24,28)(H2,25,26,29)/t13?,18-,19+/m1/s1. The molecule has 0 bridgehead atoms. The average molecular weight is 396 g/mol. The lowest BCUT2D eigenvalue weighted by Crippen LogP contribution is -2.36. The Balaban J connectivity index is 1.33. The number of urea groups is 1. The van der Waals surface area contributed by atoms with E-state index >= 15 is 0 Å². The minimum atomic E-state index is -0.170. The fourth-order valence-corrected chi connectivity index (χ4v) is 3.78. The topological polar surface area (TPSA) is 100 Å². The Labute approximate surface area is 170 Å². The van der Waals surface area contributed by atoms with E-state index in [0.29, 0.717) is 12.6 Å². The molecular weight excluding hydrogens is 368 g/mol. The molecule has 4 N–H and O–H groups in total. The summed E-state index contributed by atoms with van der Waals surface area (Å²) in [4.78, 5) is 24.7. The van der Waals surface area contributed by atoms with Crippen molar-refractivity contribution in [2.45, 2.75) is 37.8 Å². The van der Waals surface area contributed by atoms with Crippen LogP contribution in [-0.4, -0.2) is 40.9 Å². The van der Waals surface area contributed by atoms with E-state index in [1.807, 2.05) is 50.6 Å². The number of carbonyl (C=O) groups is 2. The predicted octanol–water partition coefficient (Wildman–Crippen LogP) is 1.88. The van der Waals surface area contributed by atoms with Crippen LogP contribution in [0.1, 0.15) is 42.9 Å². The van der Waals surface area contributed by atoms with Gasteiger partial charge < -0.3 is 21.3 Å². The van der Waals surface area contributed by atoms with E-state index in [1.54, 1.807) is 4.68 Å². The van der Waals surface area contributed by atoms with Crippen LogP contribution < -0.4 is 21.3 Å². The van der Waals surface area contributed by atoms with Crippen molar-refractivity contribution in [3.63, 3.8) is 0 Å². The molecule has 3 amide bonds. The van der Waals surface area contributed by atoms with E-state index in [2.05, 4.69) is 26.4 Å². The zero-order valence-electron chi connectivity index (χ0n) is 16.8. The zero-order chi connectivity index (χ0) is 20.4. The summed E-state index contributed by atoms with van der Waals surface area (Å²) < 4.78 is 1.77. The summed E-state index contributed by atoms with van der Waals surface area (Å²) in [6.45, 7) is 3.42. The summed E-state index contributed by atoms with van der Waals surface area (Å²) in [6, 6.07) is 7.63. The van der Waals surface area contributed by atoms with Gasteiger partial charge in [0.15, 0.2) is 0 Å². The van der Waals surface area contributed by atoms with Crippen molar-refractivity contribution in [1.82, 2.24) is 25.7 Å². The lowest BCUT2D eigenvalue weighted by molar-refractivity contribution is -0.125. The van der Waals surface area contributed by atoms with Crippen molar-refractivity contribution < 1.29 is 9.59 Å². The Kier molecular flexibility index (Phi) is 5.53. The Morgan fingerprint density at radius 3 is 2.62 bits per heavy atom. The first kappa shape index (κ1) is 19.4. The van der Waals surface area contributed by atoms with Gasteiger partial charge in [0, 0.05) is 44.0 Å².